The van der Waals surface area contributed by atoms with Crippen LogP contribution in [0.15, 0.2) is 85.2 Å². The number of H-pyrrole nitrogens is 1. The molecule has 176 valence electrons. The van der Waals surface area contributed by atoms with Crippen LogP contribution in [0.2, 0.25) is 0 Å². The van der Waals surface area contributed by atoms with Crippen LogP contribution in [0.1, 0.15) is 38.9 Å². The van der Waals surface area contributed by atoms with Gasteiger partial charge in [-0.25, -0.2) is 9.37 Å². The summed E-state index contributed by atoms with van der Waals surface area (Å²) in [7, 11) is 0. The molecule has 0 aliphatic rings. The second kappa shape index (κ2) is 9.60. The van der Waals surface area contributed by atoms with Crippen molar-refractivity contribution in [2.24, 2.45) is 0 Å². The Labute approximate surface area is 205 Å². The van der Waals surface area contributed by atoms with E-state index >= 15 is 0 Å². The molecule has 5 aromatic rings. The van der Waals surface area contributed by atoms with Gasteiger partial charge in [-0.1, -0.05) is 30.0 Å². The number of hydrogen-bond acceptors (Lipinski definition) is 5. The second-order valence-corrected chi connectivity index (χ2v) is 8.07. The average Bonchev–Trinajstić information content (AvgIpc) is 3.32. The number of nitrogens with two attached hydrogens (primary N) is 1. The van der Waals surface area contributed by atoms with Crippen LogP contribution in [0.3, 0.4) is 0 Å². The molecule has 3 heterocycles. The number of aromatic nitrogens is 3. The number of phenols is 1. The molecule has 3 aromatic heterocycles. The molecule has 36 heavy (non-hydrogen) atoms. The van der Waals surface area contributed by atoms with E-state index in [4.69, 9.17) is 5.73 Å². The molecule has 0 spiro atoms. The Kier molecular flexibility index (Phi) is 6.03. The maximum absolute atomic E-state index is 14.1. The van der Waals surface area contributed by atoms with Gasteiger partial charge in [-0.2, -0.15) is 0 Å². The van der Waals surface area contributed by atoms with Gasteiger partial charge in [0.15, 0.2) is 0 Å². The SMILES string of the molecule is Nc1ccc(C#Cc2ccnc(C(=O)NC(c3cc4ccccc4[nH]3)c3cc(F)ccc3O)c2)cn1. The molecule has 8 heteroatoms. The quantitative estimate of drug-likeness (QED) is 0.288. The minimum absolute atomic E-state index is 0.120. The standard InChI is InChI=1S/C28H20FN5O2/c29-20-8-9-25(35)21(15-20)27(23-14-19-3-1-2-4-22(19)33-23)34-28(36)24-13-17(11-12-31-24)5-6-18-7-10-26(30)32-16-18/h1-4,7-16,27,33,35H,(H2,30,32)(H,34,36). The number of nitrogen functional groups attached to an aromatic ring is 1. The predicted octanol–water partition coefficient (Wildman–Crippen LogP) is 4.30. The summed E-state index contributed by atoms with van der Waals surface area (Å²) in [5.74, 6) is 5.15. The van der Waals surface area contributed by atoms with Gasteiger partial charge in [-0.15, -0.1) is 0 Å². The van der Waals surface area contributed by atoms with Gasteiger partial charge in [-0.3, -0.25) is 9.78 Å². The Bertz CT molecular complexity index is 1600. The van der Waals surface area contributed by atoms with Crippen molar-refractivity contribution in [3.8, 4) is 17.6 Å². The summed E-state index contributed by atoms with van der Waals surface area (Å²) in [5.41, 5.74) is 8.60. The molecule has 0 fully saturated rings. The number of aromatic amines is 1. The first-order chi connectivity index (χ1) is 17.5. The van der Waals surface area contributed by atoms with Crippen LogP contribution in [-0.4, -0.2) is 26.0 Å². The molecule has 5 N–H and O–H groups in total. The van der Waals surface area contributed by atoms with Crippen LogP contribution in [0.4, 0.5) is 10.2 Å². The normalized spacial score (nSPS) is 11.5. The number of nitrogens with one attached hydrogen (secondary N) is 2. The molecule has 7 nitrogen and oxygen atoms in total. The largest absolute Gasteiger partial charge is 0.508 e. The van der Waals surface area contributed by atoms with Crippen LogP contribution >= 0.6 is 0 Å². The number of carbonyl (C=O) groups is 1. The summed E-state index contributed by atoms with van der Waals surface area (Å²) in [6.45, 7) is 0. The molecule has 0 aliphatic heterocycles. The lowest BCUT2D eigenvalue weighted by Gasteiger charge is -2.19. The summed E-state index contributed by atoms with van der Waals surface area (Å²) in [6.07, 6.45) is 3.05. The van der Waals surface area contributed by atoms with Crippen molar-refractivity contribution in [2.75, 3.05) is 5.73 Å². The summed E-state index contributed by atoms with van der Waals surface area (Å²) in [5, 5.41) is 14.3. The highest BCUT2D eigenvalue weighted by Gasteiger charge is 2.24. The van der Waals surface area contributed by atoms with Crippen LogP contribution in [0, 0.1) is 17.7 Å². The van der Waals surface area contributed by atoms with E-state index in [-0.39, 0.29) is 17.0 Å². The highest BCUT2D eigenvalue weighted by molar-refractivity contribution is 5.93. The Morgan fingerprint density at radius 2 is 1.83 bits per heavy atom. The number of nitrogens with zero attached hydrogens (tertiary/aromatic N) is 2. The number of pyridine rings is 2. The number of phenolic OH excluding ortho intramolecular Hbond substituents is 1. The fourth-order valence-electron chi connectivity index (χ4n) is 3.79. The minimum Gasteiger partial charge on any atom is -0.508 e. The number of rotatable bonds is 4. The van der Waals surface area contributed by atoms with Gasteiger partial charge in [-0.05, 0) is 60.0 Å². The summed E-state index contributed by atoms with van der Waals surface area (Å²) in [4.78, 5) is 24.7. The van der Waals surface area contributed by atoms with Crippen molar-refractivity contribution in [3.63, 3.8) is 0 Å². The van der Waals surface area contributed by atoms with Gasteiger partial charge in [0.2, 0.25) is 0 Å². The van der Waals surface area contributed by atoms with Gasteiger partial charge in [0.25, 0.3) is 5.91 Å². The van der Waals surface area contributed by atoms with E-state index < -0.39 is 17.8 Å². The maximum atomic E-state index is 14.1. The van der Waals surface area contributed by atoms with E-state index in [1.807, 2.05) is 30.3 Å². The van der Waals surface area contributed by atoms with Crippen LogP contribution in [0.5, 0.6) is 5.75 Å². The third-order valence-electron chi connectivity index (χ3n) is 5.57. The van der Waals surface area contributed by atoms with Crippen molar-refractivity contribution >= 4 is 22.6 Å². The number of aromatic hydroxyl groups is 1. The molecule has 0 aliphatic carbocycles. The number of halogens is 1. The number of carbonyl (C=O) groups excluding carboxylic acids is 1. The predicted molar refractivity (Wildman–Crippen MR) is 135 cm³/mol. The number of anilines is 1. The van der Waals surface area contributed by atoms with Crippen LogP contribution < -0.4 is 11.1 Å². The number of para-hydroxylation sites is 1. The number of hydrogen-bond donors (Lipinski definition) is 4. The van der Waals surface area contributed by atoms with Crippen LogP contribution in [0.25, 0.3) is 10.9 Å². The van der Waals surface area contributed by atoms with Crippen molar-refractivity contribution in [2.45, 2.75) is 6.04 Å². The smallest absolute Gasteiger partial charge is 0.270 e. The summed E-state index contributed by atoms with van der Waals surface area (Å²) in [6, 6.07) is 18.8. The molecule has 5 rings (SSSR count). The van der Waals surface area contributed by atoms with Crippen molar-refractivity contribution in [1.82, 2.24) is 20.3 Å². The first-order valence-electron chi connectivity index (χ1n) is 11.0. The number of fused-ring (bicyclic) bond motifs is 1. The van der Waals surface area contributed by atoms with E-state index in [0.29, 0.717) is 22.6 Å². The molecular formula is C28H20FN5O2. The van der Waals surface area contributed by atoms with Gasteiger partial charge < -0.3 is 21.1 Å². The Morgan fingerprint density at radius 3 is 2.64 bits per heavy atom. The molecule has 0 saturated carbocycles. The highest BCUT2D eigenvalue weighted by Crippen LogP contribution is 2.31. The lowest BCUT2D eigenvalue weighted by molar-refractivity contribution is 0.0937. The monoisotopic (exact) mass is 477 g/mol. The zero-order chi connectivity index (χ0) is 25.1. The molecule has 1 amide bonds. The third kappa shape index (κ3) is 4.86. The Balaban J connectivity index is 1.47. The molecular weight excluding hydrogens is 457 g/mol. The zero-order valence-corrected chi connectivity index (χ0v) is 18.9. The molecule has 1 atom stereocenters. The van der Waals surface area contributed by atoms with E-state index in [0.717, 1.165) is 17.0 Å². The lowest BCUT2D eigenvalue weighted by atomic mass is 10.0. The molecule has 0 saturated heterocycles. The topological polar surface area (TPSA) is 117 Å². The first kappa shape index (κ1) is 22.6. The summed E-state index contributed by atoms with van der Waals surface area (Å²) < 4.78 is 14.1. The highest BCUT2D eigenvalue weighted by atomic mass is 19.1. The van der Waals surface area contributed by atoms with Crippen molar-refractivity contribution in [1.29, 1.82) is 0 Å². The van der Waals surface area contributed by atoms with E-state index in [2.05, 4.69) is 32.1 Å². The first-order valence-corrected chi connectivity index (χ1v) is 11.0. The van der Waals surface area contributed by atoms with Gasteiger partial charge in [0.05, 0.1) is 6.04 Å². The maximum Gasteiger partial charge on any atom is 0.270 e. The zero-order valence-electron chi connectivity index (χ0n) is 18.9. The molecule has 0 radical (unpaired) electrons. The molecule has 2 aromatic carbocycles. The number of benzene rings is 2. The van der Waals surface area contributed by atoms with E-state index in [1.54, 1.807) is 30.5 Å². The molecule has 1 unspecified atom stereocenters. The van der Waals surface area contributed by atoms with Gasteiger partial charge in [0.1, 0.15) is 23.1 Å². The average molecular weight is 477 g/mol. The van der Waals surface area contributed by atoms with Crippen LogP contribution in [-0.2, 0) is 0 Å². The van der Waals surface area contributed by atoms with Crippen molar-refractivity contribution < 1.29 is 14.3 Å². The lowest BCUT2D eigenvalue weighted by Crippen LogP contribution is -2.30. The number of amides is 1. The van der Waals surface area contributed by atoms with E-state index in [1.165, 1.54) is 18.3 Å². The van der Waals surface area contributed by atoms with Gasteiger partial charge in [0, 0.05) is 40.3 Å². The summed E-state index contributed by atoms with van der Waals surface area (Å²) >= 11 is 0. The Hall–Kier alpha value is -5.16. The second-order valence-electron chi connectivity index (χ2n) is 8.07. The van der Waals surface area contributed by atoms with Gasteiger partial charge >= 0.3 is 0 Å². The van der Waals surface area contributed by atoms with E-state index in [9.17, 15) is 14.3 Å². The fourth-order valence-corrected chi connectivity index (χ4v) is 3.79. The molecule has 0 bridgehead atoms. The Morgan fingerprint density at radius 1 is 1.00 bits per heavy atom. The van der Waals surface area contributed by atoms with Crippen molar-refractivity contribution in [3.05, 3.63) is 119 Å². The minimum atomic E-state index is -0.863. The fraction of sp³-hybridized carbons (Fsp3) is 0.0357. The third-order valence-corrected chi connectivity index (χ3v) is 5.57.